The third kappa shape index (κ3) is 5.49. The number of nitrogens with zero attached hydrogens (tertiary/aromatic N) is 1. The maximum Gasteiger partial charge on any atom is 0.273 e. The van der Waals surface area contributed by atoms with Crippen LogP contribution in [-0.4, -0.2) is 19.2 Å². The molecule has 0 radical (unpaired) electrons. The van der Waals surface area contributed by atoms with Crippen LogP contribution in [0.25, 0.3) is 0 Å². The van der Waals surface area contributed by atoms with E-state index in [1.165, 1.54) is 6.21 Å². The number of methoxy groups -OCH3 is 1. The van der Waals surface area contributed by atoms with Gasteiger partial charge >= 0.3 is 0 Å². The Kier molecular flexibility index (Phi) is 6.71. The van der Waals surface area contributed by atoms with E-state index >= 15 is 0 Å². The van der Waals surface area contributed by atoms with Crippen molar-refractivity contribution in [2.45, 2.75) is 6.61 Å². The smallest absolute Gasteiger partial charge is 0.273 e. The molecule has 0 fully saturated rings. The number of halogens is 1. The second-order valence-electron chi connectivity index (χ2n) is 6.11. The van der Waals surface area contributed by atoms with Crippen LogP contribution >= 0.6 is 11.6 Å². The predicted molar refractivity (Wildman–Crippen MR) is 115 cm³/mol. The number of nitrogen functional groups attached to an aromatic ring is 1. The first-order chi connectivity index (χ1) is 14.1. The van der Waals surface area contributed by atoms with Crippen molar-refractivity contribution in [2.75, 3.05) is 12.8 Å². The van der Waals surface area contributed by atoms with E-state index < -0.39 is 0 Å². The van der Waals surface area contributed by atoms with Crippen molar-refractivity contribution in [2.24, 2.45) is 5.10 Å². The van der Waals surface area contributed by atoms with Crippen molar-refractivity contribution in [3.8, 4) is 11.5 Å². The Balaban J connectivity index is 1.67. The zero-order chi connectivity index (χ0) is 20.6. The molecule has 0 aromatic heterocycles. The Morgan fingerprint density at radius 3 is 2.59 bits per heavy atom. The van der Waals surface area contributed by atoms with Gasteiger partial charge in [-0.3, -0.25) is 4.79 Å². The van der Waals surface area contributed by atoms with E-state index in [1.54, 1.807) is 49.6 Å². The minimum Gasteiger partial charge on any atom is -0.493 e. The first-order valence-electron chi connectivity index (χ1n) is 8.80. The van der Waals surface area contributed by atoms with Crippen LogP contribution in [0.5, 0.6) is 11.5 Å². The molecule has 3 aromatic carbocycles. The minimum atomic E-state index is -0.382. The summed E-state index contributed by atoms with van der Waals surface area (Å²) < 4.78 is 11.2. The van der Waals surface area contributed by atoms with Crippen LogP contribution in [0.15, 0.2) is 71.8 Å². The van der Waals surface area contributed by atoms with E-state index in [9.17, 15) is 4.79 Å². The van der Waals surface area contributed by atoms with Crippen molar-refractivity contribution >= 4 is 29.4 Å². The van der Waals surface area contributed by atoms with Gasteiger partial charge in [0.25, 0.3) is 5.91 Å². The van der Waals surface area contributed by atoms with Crippen LogP contribution in [0, 0.1) is 0 Å². The predicted octanol–water partition coefficient (Wildman–Crippen LogP) is 4.27. The number of para-hydroxylation sites is 1. The molecule has 0 unspecified atom stereocenters. The average molecular weight is 410 g/mol. The fourth-order valence-corrected chi connectivity index (χ4v) is 2.68. The number of nitrogens with one attached hydrogen (secondary N) is 1. The van der Waals surface area contributed by atoms with E-state index in [0.717, 1.165) is 11.1 Å². The Morgan fingerprint density at radius 1 is 1.10 bits per heavy atom. The third-order valence-corrected chi connectivity index (χ3v) is 4.33. The number of hydrazone groups is 1. The SMILES string of the molecule is COc1ccc(/C=N/NC(=O)c2ccccc2N)cc1OCc1ccc(Cl)cc1. The molecule has 29 heavy (non-hydrogen) atoms. The molecule has 0 saturated carbocycles. The molecule has 1 amide bonds. The van der Waals surface area contributed by atoms with Crippen LogP contribution in [0.1, 0.15) is 21.5 Å². The highest BCUT2D eigenvalue weighted by molar-refractivity contribution is 6.30. The van der Waals surface area contributed by atoms with Gasteiger partial charge in [0.05, 0.1) is 18.9 Å². The molecule has 0 heterocycles. The van der Waals surface area contributed by atoms with Gasteiger partial charge < -0.3 is 15.2 Å². The first-order valence-corrected chi connectivity index (χ1v) is 9.18. The highest BCUT2D eigenvalue weighted by atomic mass is 35.5. The Labute approximate surface area is 173 Å². The van der Waals surface area contributed by atoms with Crippen LogP contribution in [-0.2, 0) is 6.61 Å². The molecule has 0 bridgehead atoms. The monoisotopic (exact) mass is 409 g/mol. The Hall–Kier alpha value is -3.51. The summed E-state index contributed by atoms with van der Waals surface area (Å²) in [5.74, 6) is 0.773. The number of rotatable bonds is 7. The Morgan fingerprint density at radius 2 is 1.86 bits per heavy atom. The molecule has 0 aliphatic rings. The van der Waals surface area contributed by atoms with Crippen LogP contribution in [0.2, 0.25) is 5.02 Å². The van der Waals surface area contributed by atoms with Gasteiger partial charge in [0, 0.05) is 10.7 Å². The van der Waals surface area contributed by atoms with Crippen LogP contribution in [0.4, 0.5) is 5.69 Å². The zero-order valence-corrected chi connectivity index (χ0v) is 16.5. The number of amides is 1. The molecular weight excluding hydrogens is 390 g/mol. The summed E-state index contributed by atoms with van der Waals surface area (Å²) in [6.07, 6.45) is 1.52. The lowest BCUT2D eigenvalue weighted by molar-refractivity contribution is 0.0956. The highest BCUT2D eigenvalue weighted by Crippen LogP contribution is 2.28. The number of benzene rings is 3. The largest absolute Gasteiger partial charge is 0.493 e. The third-order valence-electron chi connectivity index (χ3n) is 4.08. The molecule has 0 aliphatic carbocycles. The summed E-state index contributed by atoms with van der Waals surface area (Å²) in [6, 6.07) is 19.6. The number of ether oxygens (including phenoxy) is 2. The van der Waals surface area contributed by atoms with E-state index in [0.29, 0.717) is 34.4 Å². The summed E-state index contributed by atoms with van der Waals surface area (Å²) in [5.41, 5.74) is 10.7. The summed E-state index contributed by atoms with van der Waals surface area (Å²) in [7, 11) is 1.57. The summed E-state index contributed by atoms with van der Waals surface area (Å²) in [6.45, 7) is 0.359. The lowest BCUT2D eigenvalue weighted by Crippen LogP contribution is -2.19. The molecular formula is C22H20ClN3O3. The quantitative estimate of drug-likeness (QED) is 0.346. The Bertz CT molecular complexity index is 1020. The topological polar surface area (TPSA) is 85.9 Å². The van der Waals surface area contributed by atoms with Gasteiger partial charge in [0.15, 0.2) is 11.5 Å². The maximum absolute atomic E-state index is 12.1. The number of carbonyl (C=O) groups is 1. The van der Waals surface area contributed by atoms with Gasteiger partial charge in [-0.2, -0.15) is 5.10 Å². The van der Waals surface area contributed by atoms with Crippen LogP contribution in [0.3, 0.4) is 0 Å². The van der Waals surface area contributed by atoms with Gasteiger partial charge in [0.1, 0.15) is 6.61 Å². The number of anilines is 1. The minimum absolute atomic E-state index is 0.359. The fourth-order valence-electron chi connectivity index (χ4n) is 2.56. The van der Waals surface area contributed by atoms with E-state index in [-0.39, 0.29) is 5.91 Å². The van der Waals surface area contributed by atoms with E-state index in [4.69, 9.17) is 26.8 Å². The number of nitrogens with two attached hydrogens (primary N) is 1. The number of carbonyl (C=O) groups excluding carboxylic acids is 1. The number of hydrogen-bond donors (Lipinski definition) is 2. The summed E-state index contributed by atoms with van der Waals surface area (Å²) >= 11 is 5.90. The van der Waals surface area contributed by atoms with Crippen molar-refractivity contribution < 1.29 is 14.3 Å². The summed E-state index contributed by atoms with van der Waals surface area (Å²) in [4.78, 5) is 12.1. The van der Waals surface area contributed by atoms with Crippen molar-refractivity contribution in [3.05, 3.63) is 88.4 Å². The van der Waals surface area contributed by atoms with Gasteiger partial charge in [-0.05, 0) is 53.6 Å². The van der Waals surface area contributed by atoms with Crippen LogP contribution < -0.4 is 20.6 Å². The molecule has 3 aromatic rings. The first kappa shape index (κ1) is 20.2. The van der Waals surface area contributed by atoms with Gasteiger partial charge in [0.2, 0.25) is 0 Å². The zero-order valence-electron chi connectivity index (χ0n) is 15.8. The fraction of sp³-hybridized carbons (Fsp3) is 0.0909. The molecule has 3 rings (SSSR count). The molecule has 148 valence electrons. The van der Waals surface area contributed by atoms with Gasteiger partial charge in [-0.15, -0.1) is 0 Å². The molecule has 3 N–H and O–H groups in total. The lowest BCUT2D eigenvalue weighted by atomic mass is 10.2. The molecule has 0 spiro atoms. The van der Waals surface area contributed by atoms with Crippen molar-refractivity contribution in [3.63, 3.8) is 0 Å². The second-order valence-corrected chi connectivity index (χ2v) is 6.55. The average Bonchev–Trinajstić information content (AvgIpc) is 2.73. The van der Waals surface area contributed by atoms with Crippen molar-refractivity contribution in [1.82, 2.24) is 5.43 Å². The van der Waals surface area contributed by atoms with Crippen molar-refractivity contribution in [1.29, 1.82) is 0 Å². The van der Waals surface area contributed by atoms with E-state index in [1.807, 2.05) is 24.3 Å². The highest BCUT2D eigenvalue weighted by Gasteiger charge is 2.08. The molecule has 7 heteroatoms. The molecule has 0 atom stereocenters. The maximum atomic E-state index is 12.1. The van der Waals surface area contributed by atoms with Gasteiger partial charge in [-0.25, -0.2) is 5.43 Å². The van der Waals surface area contributed by atoms with E-state index in [2.05, 4.69) is 10.5 Å². The molecule has 0 aliphatic heterocycles. The number of hydrogen-bond acceptors (Lipinski definition) is 5. The lowest BCUT2D eigenvalue weighted by Gasteiger charge is -2.11. The normalized spacial score (nSPS) is 10.7. The molecule has 0 saturated heterocycles. The summed E-state index contributed by atoms with van der Waals surface area (Å²) in [5, 5.41) is 4.66. The molecule has 6 nitrogen and oxygen atoms in total. The van der Waals surface area contributed by atoms with Gasteiger partial charge in [-0.1, -0.05) is 35.9 Å². The second kappa shape index (κ2) is 9.61. The standard InChI is InChI=1S/C22H20ClN3O3/c1-28-20-11-8-16(12-21(20)29-14-15-6-9-17(23)10-7-15)13-25-26-22(27)18-4-2-3-5-19(18)24/h2-13H,14,24H2,1H3,(H,26,27)/b25-13+.